The zero-order valence-corrected chi connectivity index (χ0v) is 14.7. The summed E-state index contributed by atoms with van der Waals surface area (Å²) in [5.41, 5.74) is 0.912. The van der Waals surface area contributed by atoms with Crippen molar-refractivity contribution >= 4 is 11.7 Å². The molecule has 5 nitrogen and oxygen atoms in total. The highest BCUT2D eigenvalue weighted by atomic mass is 19.1. The van der Waals surface area contributed by atoms with Crippen LogP contribution in [-0.4, -0.2) is 44.4 Å². The quantitative estimate of drug-likeness (QED) is 0.859. The predicted molar refractivity (Wildman–Crippen MR) is 96.4 cm³/mol. The summed E-state index contributed by atoms with van der Waals surface area (Å²) in [4.78, 5) is 14.2. The van der Waals surface area contributed by atoms with Crippen LogP contribution in [0.2, 0.25) is 0 Å². The van der Waals surface area contributed by atoms with Gasteiger partial charge in [-0.3, -0.25) is 0 Å². The zero-order valence-electron chi connectivity index (χ0n) is 14.7. The fourth-order valence-corrected chi connectivity index (χ4v) is 3.57. The van der Waals surface area contributed by atoms with Gasteiger partial charge in [-0.1, -0.05) is 6.07 Å². The summed E-state index contributed by atoms with van der Waals surface area (Å²) in [6, 6.07) is 6.76. The lowest BCUT2D eigenvalue weighted by Gasteiger charge is -2.34. The van der Waals surface area contributed by atoms with Gasteiger partial charge in [-0.25, -0.2) is 9.18 Å². The van der Waals surface area contributed by atoms with Crippen molar-refractivity contribution in [3.8, 4) is 0 Å². The molecule has 0 aliphatic carbocycles. The Balaban J connectivity index is 1.33. The van der Waals surface area contributed by atoms with Crippen LogP contribution in [0.3, 0.4) is 0 Å². The highest BCUT2D eigenvalue weighted by molar-refractivity contribution is 5.74. The fraction of sp³-hybridized carbons (Fsp3) is 0.632. The van der Waals surface area contributed by atoms with Gasteiger partial charge < -0.3 is 20.3 Å². The van der Waals surface area contributed by atoms with E-state index in [0.717, 1.165) is 57.5 Å². The number of hydrogen-bond acceptors (Lipinski definition) is 3. The van der Waals surface area contributed by atoms with Crippen molar-refractivity contribution in [1.82, 2.24) is 10.6 Å². The molecule has 25 heavy (non-hydrogen) atoms. The van der Waals surface area contributed by atoms with E-state index in [1.165, 1.54) is 12.5 Å². The van der Waals surface area contributed by atoms with Gasteiger partial charge in [0, 0.05) is 38.0 Å². The molecule has 138 valence electrons. The van der Waals surface area contributed by atoms with Crippen molar-refractivity contribution in [2.24, 2.45) is 0 Å². The maximum absolute atomic E-state index is 13.3. The summed E-state index contributed by atoms with van der Waals surface area (Å²) in [6.45, 7) is 3.15. The van der Waals surface area contributed by atoms with Gasteiger partial charge in [-0.05, 0) is 56.7 Å². The third-order valence-corrected chi connectivity index (χ3v) is 5.03. The SMILES string of the molecule is O=C(NCC[C@H]1CCCCO1)NC1CCN(c2cccc(F)c2)CC1. The first-order valence-electron chi connectivity index (χ1n) is 9.37. The number of piperidine rings is 1. The standard InChI is InChI=1S/C19H28FN3O2/c20-15-4-3-5-17(14-15)23-11-8-16(9-12-23)22-19(24)21-10-7-18-6-1-2-13-25-18/h3-5,14,16,18H,1-2,6-13H2,(H2,21,22,24)/t18-/m1/s1. The minimum absolute atomic E-state index is 0.0972. The summed E-state index contributed by atoms with van der Waals surface area (Å²) in [5, 5.41) is 5.98. The smallest absolute Gasteiger partial charge is 0.315 e. The zero-order chi connectivity index (χ0) is 17.5. The molecule has 0 unspecified atom stereocenters. The number of ether oxygens (including phenoxy) is 1. The van der Waals surface area contributed by atoms with E-state index in [2.05, 4.69) is 15.5 Å². The van der Waals surface area contributed by atoms with Gasteiger partial charge in [0.25, 0.3) is 0 Å². The van der Waals surface area contributed by atoms with E-state index in [-0.39, 0.29) is 17.9 Å². The summed E-state index contributed by atoms with van der Waals surface area (Å²) in [6.07, 6.45) is 6.39. The molecule has 3 rings (SSSR count). The number of halogens is 1. The lowest BCUT2D eigenvalue weighted by molar-refractivity contribution is 0.0120. The molecule has 2 saturated heterocycles. The molecule has 0 radical (unpaired) electrons. The average Bonchev–Trinajstić information content (AvgIpc) is 2.63. The number of urea groups is 1. The van der Waals surface area contributed by atoms with Gasteiger partial charge in [-0.15, -0.1) is 0 Å². The lowest BCUT2D eigenvalue weighted by Crippen LogP contribution is -2.48. The van der Waals surface area contributed by atoms with Gasteiger partial charge in [0.1, 0.15) is 5.82 Å². The van der Waals surface area contributed by atoms with Gasteiger partial charge in [-0.2, -0.15) is 0 Å². The van der Waals surface area contributed by atoms with Crippen LogP contribution in [0.1, 0.15) is 38.5 Å². The van der Waals surface area contributed by atoms with Crippen LogP contribution in [0.15, 0.2) is 24.3 Å². The molecule has 2 fully saturated rings. The molecule has 1 aromatic carbocycles. The second-order valence-electron chi connectivity index (χ2n) is 6.92. The minimum Gasteiger partial charge on any atom is -0.378 e. The molecule has 6 heteroatoms. The average molecular weight is 349 g/mol. The molecule has 0 bridgehead atoms. The first-order chi connectivity index (χ1) is 12.2. The van der Waals surface area contributed by atoms with Crippen LogP contribution in [0, 0.1) is 5.82 Å². The largest absolute Gasteiger partial charge is 0.378 e. The van der Waals surface area contributed by atoms with Gasteiger partial charge in [0.2, 0.25) is 0 Å². The Labute approximate surface area is 148 Å². The maximum Gasteiger partial charge on any atom is 0.315 e. The van der Waals surface area contributed by atoms with Crippen LogP contribution in [0.5, 0.6) is 0 Å². The molecular weight excluding hydrogens is 321 g/mol. The number of rotatable bonds is 5. The van der Waals surface area contributed by atoms with Crippen molar-refractivity contribution < 1.29 is 13.9 Å². The van der Waals surface area contributed by atoms with Crippen molar-refractivity contribution in [1.29, 1.82) is 0 Å². The Morgan fingerprint density at radius 2 is 2.08 bits per heavy atom. The van der Waals surface area contributed by atoms with Crippen LogP contribution in [0.4, 0.5) is 14.9 Å². The van der Waals surface area contributed by atoms with Crippen molar-refractivity contribution in [2.75, 3.05) is 31.1 Å². The Morgan fingerprint density at radius 3 is 2.80 bits per heavy atom. The molecule has 2 heterocycles. The molecule has 0 saturated carbocycles. The first kappa shape index (κ1) is 18.0. The number of carbonyl (C=O) groups excluding carboxylic acids is 1. The second-order valence-corrected chi connectivity index (χ2v) is 6.92. The van der Waals surface area contributed by atoms with Crippen molar-refractivity contribution in [3.63, 3.8) is 0 Å². The van der Waals surface area contributed by atoms with E-state index in [1.807, 2.05) is 6.07 Å². The Hall–Kier alpha value is -1.82. The number of carbonyl (C=O) groups is 1. The third kappa shape index (κ3) is 5.59. The van der Waals surface area contributed by atoms with Gasteiger partial charge in [0.05, 0.1) is 6.10 Å². The van der Waals surface area contributed by atoms with E-state index in [9.17, 15) is 9.18 Å². The molecular formula is C19H28FN3O2. The maximum atomic E-state index is 13.3. The highest BCUT2D eigenvalue weighted by Crippen LogP contribution is 2.20. The number of amides is 2. The number of nitrogens with one attached hydrogen (secondary N) is 2. The minimum atomic E-state index is -0.209. The van der Waals surface area contributed by atoms with Gasteiger partial charge >= 0.3 is 6.03 Å². The Kier molecular flexibility index (Phi) is 6.50. The Bertz CT molecular complexity index is 555. The number of benzene rings is 1. The van der Waals surface area contributed by atoms with Crippen molar-refractivity contribution in [3.05, 3.63) is 30.1 Å². The molecule has 2 aliphatic rings. The fourth-order valence-electron chi connectivity index (χ4n) is 3.57. The first-order valence-corrected chi connectivity index (χ1v) is 9.37. The highest BCUT2D eigenvalue weighted by Gasteiger charge is 2.21. The molecule has 2 aliphatic heterocycles. The summed E-state index contributed by atoms with van der Waals surface area (Å²) < 4.78 is 19.0. The molecule has 1 atom stereocenters. The van der Waals surface area contributed by atoms with Crippen LogP contribution in [0.25, 0.3) is 0 Å². The number of hydrogen-bond donors (Lipinski definition) is 2. The normalized spacial score (nSPS) is 21.8. The van der Waals surface area contributed by atoms with Crippen LogP contribution >= 0.6 is 0 Å². The van der Waals surface area contributed by atoms with E-state index in [4.69, 9.17) is 4.74 Å². The lowest BCUT2D eigenvalue weighted by atomic mass is 10.0. The Morgan fingerprint density at radius 1 is 1.24 bits per heavy atom. The monoisotopic (exact) mass is 349 g/mol. The van der Waals surface area contributed by atoms with Crippen LogP contribution in [-0.2, 0) is 4.74 Å². The van der Waals surface area contributed by atoms with Gasteiger partial charge in [0.15, 0.2) is 0 Å². The molecule has 0 spiro atoms. The molecule has 2 N–H and O–H groups in total. The molecule has 2 amide bonds. The van der Waals surface area contributed by atoms with Crippen molar-refractivity contribution in [2.45, 2.75) is 50.7 Å². The third-order valence-electron chi connectivity index (χ3n) is 5.03. The number of nitrogens with zero attached hydrogens (tertiary/aromatic N) is 1. The molecule has 0 aromatic heterocycles. The summed E-state index contributed by atoms with van der Waals surface area (Å²) in [5.74, 6) is -0.209. The van der Waals surface area contributed by atoms with E-state index in [1.54, 1.807) is 12.1 Å². The van der Waals surface area contributed by atoms with Crippen LogP contribution < -0.4 is 15.5 Å². The summed E-state index contributed by atoms with van der Waals surface area (Å²) in [7, 11) is 0. The van der Waals surface area contributed by atoms with E-state index < -0.39 is 0 Å². The predicted octanol–water partition coefficient (Wildman–Crippen LogP) is 3.05. The molecule has 1 aromatic rings. The van der Waals surface area contributed by atoms with E-state index in [0.29, 0.717) is 12.6 Å². The second kappa shape index (κ2) is 9.04. The number of anilines is 1. The topological polar surface area (TPSA) is 53.6 Å². The van der Waals surface area contributed by atoms with E-state index >= 15 is 0 Å². The summed E-state index contributed by atoms with van der Waals surface area (Å²) >= 11 is 0.